The van der Waals surface area contributed by atoms with Gasteiger partial charge in [-0.15, -0.1) is 0 Å². The van der Waals surface area contributed by atoms with Crippen molar-refractivity contribution in [1.29, 1.82) is 0 Å². The zero-order valence-electron chi connectivity index (χ0n) is 16.4. The Balaban J connectivity index is 1.55. The van der Waals surface area contributed by atoms with Crippen LogP contribution < -0.4 is 10.1 Å². The molecular formula is C23H17FN2O4S. The van der Waals surface area contributed by atoms with E-state index in [2.05, 4.69) is 10.3 Å². The van der Waals surface area contributed by atoms with Gasteiger partial charge in [-0.3, -0.25) is 9.59 Å². The van der Waals surface area contributed by atoms with Crippen LogP contribution in [-0.4, -0.2) is 29.3 Å². The number of amides is 1. The van der Waals surface area contributed by atoms with Crippen molar-refractivity contribution in [2.45, 2.75) is 6.42 Å². The summed E-state index contributed by atoms with van der Waals surface area (Å²) in [7, 11) is 1.62. The number of aliphatic carboxylic acids is 1. The lowest BCUT2D eigenvalue weighted by Gasteiger charge is -2.03. The summed E-state index contributed by atoms with van der Waals surface area (Å²) in [5, 5.41) is 13.8. The molecule has 0 atom stereocenters. The van der Waals surface area contributed by atoms with Gasteiger partial charge in [0.2, 0.25) is 0 Å². The highest BCUT2D eigenvalue weighted by molar-refractivity contribution is 8.18. The summed E-state index contributed by atoms with van der Waals surface area (Å²) < 4.78 is 19.3. The van der Waals surface area contributed by atoms with Crippen molar-refractivity contribution in [2.75, 3.05) is 7.11 Å². The van der Waals surface area contributed by atoms with Gasteiger partial charge in [0, 0.05) is 0 Å². The Morgan fingerprint density at radius 3 is 2.68 bits per heavy atom. The molecule has 4 rings (SSSR count). The number of fused-ring (bicyclic) bond motifs is 1. The smallest absolute Gasteiger partial charge is 0.307 e. The summed E-state index contributed by atoms with van der Waals surface area (Å²) in [6.45, 7) is 0. The van der Waals surface area contributed by atoms with Crippen LogP contribution in [0.5, 0.6) is 5.75 Å². The zero-order chi connectivity index (χ0) is 22.0. The molecule has 0 radical (unpaired) electrons. The van der Waals surface area contributed by atoms with Crippen LogP contribution in [0.1, 0.15) is 11.1 Å². The van der Waals surface area contributed by atoms with Gasteiger partial charge in [0.25, 0.3) is 5.91 Å². The molecule has 0 saturated carbocycles. The van der Waals surface area contributed by atoms with Crippen LogP contribution in [0.3, 0.4) is 0 Å². The number of amidine groups is 1. The Morgan fingerprint density at radius 1 is 1.16 bits per heavy atom. The molecule has 1 amide bonds. The Bertz CT molecular complexity index is 1270. The molecule has 0 spiro atoms. The summed E-state index contributed by atoms with van der Waals surface area (Å²) in [5.74, 6) is -1.28. The molecule has 3 aromatic rings. The lowest BCUT2D eigenvalue weighted by Crippen LogP contribution is -2.19. The molecule has 2 N–H and O–H groups in total. The van der Waals surface area contributed by atoms with Crippen molar-refractivity contribution in [1.82, 2.24) is 5.32 Å². The van der Waals surface area contributed by atoms with Crippen molar-refractivity contribution >= 4 is 51.3 Å². The molecule has 1 saturated heterocycles. The van der Waals surface area contributed by atoms with E-state index in [1.54, 1.807) is 13.2 Å². The first kappa shape index (κ1) is 20.6. The highest BCUT2D eigenvalue weighted by Crippen LogP contribution is 2.30. The number of methoxy groups -OCH3 is 1. The first-order valence-corrected chi connectivity index (χ1v) is 10.1. The van der Waals surface area contributed by atoms with E-state index in [0.717, 1.165) is 39.9 Å². The van der Waals surface area contributed by atoms with Gasteiger partial charge >= 0.3 is 5.97 Å². The van der Waals surface area contributed by atoms with Gasteiger partial charge in [-0.05, 0) is 70.1 Å². The van der Waals surface area contributed by atoms with Crippen LogP contribution >= 0.6 is 11.8 Å². The first-order valence-electron chi connectivity index (χ1n) is 9.29. The van der Waals surface area contributed by atoms with E-state index >= 15 is 0 Å². The maximum atomic E-state index is 14.1. The molecule has 0 aliphatic carbocycles. The molecule has 1 heterocycles. The summed E-state index contributed by atoms with van der Waals surface area (Å²) in [6, 6.07) is 15.7. The number of carbonyl (C=O) groups is 2. The van der Waals surface area contributed by atoms with Crippen molar-refractivity contribution < 1.29 is 23.8 Å². The molecule has 0 aromatic heterocycles. The van der Waals surface area contributed by atoms with Gasteiger partial charge in [-0.1, -0.05) is 24.3 Å². The van der Waals surface area contributed by atoms with Crippen LogP contribution in [0.15, 0.2) is 64.5 Å². The largest absolute Gasteiger partial charge is 0.497 e. The number of hydrogen-bond acceptors (Lipinski definition) is 5. The Hall–Kier alpha value is -3.65. The van der Waals surface area contributed by atoms with E-state index in [0.29, 0.717) is 10.1 Å². The predicted molar refractivity (Wildman–Crippen MR) is 119 cm³/mol. The van der Waals surface area contributed by atoms with E-state index in [1.807, 2.05) is 36.4 Å². The van der Waals surface area contributed by atoms with Crippen molar-refractivity contribution in [3.8, 4) is 5.75 Å². The number of ether oxygens (including phenoxy) is 1. The number of carboxylic acids is 1. The fraction of sp³-hybridized carbons (Fsp3) is 0.0870. The van der Waals surface area contributed by atoms with Crippen LogP contribution in [0.25, 0.3) is 16.8 Å². The zero-order valence-corrected chi connectivity index (χ0v) is 17.2. The topological polar surface area (TPSA) is 88.0 Å². The van der Waals surface area contributed by atoms with Crippen LogP contribution in [0.2, 0.25) is 0 Å². The SMILES string of the molecule is COc1ccc2cc(C=C3SC(=Nc4ccc(CC(=O)O)c(F)c4)NC3=O)ccc2c1. The fourth-order valence-corrected chi connectivity index (χ4v) is 3.96. The Morgan fingerprint density at radius 2 is 1.94 bits per heavy atom. The third-order valence-electron chi connectivity index (χ3n) is 4.63. The molecule has 1 aliphatic heterocycles. The summed E-state index contributed by atoms with van der Waals surface area (Å²) >= 11 is 1.15. The molecule has 0 bridgehead atoms. The molecule has 0 unspecified atom stereocenters. The number of halogens is 1. The third kappa shape index (κ3) is 4.75. The van der Waals surface area contributed by atoms with Gasteiger partial charge in [0.1, 0.15) is 11.6 Å². The van der Waals surface area contributed by atoms with Crippen molar-refractivity contribution in [2.24, 2.45) is 4.99 Å². The quantitative estimate of drug-likeness (QED) is 0.575. The van der Waals surface area contributed by atoms with Crippen molar-refractivity contribution in [3.05, 3.63) is 76.4 Å². The average molecular weight is 436 g/mol. The van der Waals surface area contributed by atoms with Gasteiger partial charge < -0.3 is 15.2 Å². The monoisotopic (exact) mass is 436 g/mol. The maximum Gasteiger partial charge on any atom is 0.307 e. The Labute approximate surface area is 181 Å². The number of nitrogens with one attached hydrogen (secondary N) is 1. The second kappa shape index (κ2) is 8.61. The summed E-state index contributed by atoms with van der Waals surface area (Å²) in [5.41, 5.74) is 1.23. The number of thioether (sulfide) groups is 1. The van der Waals surface area contributed by atoms with E-state index in [1.165, 1.54) is 12.1 Å². The molecule has 3 aromatic carbocycles. The molecular weight excluding hydrogens is 419 g/mol. The van der Waals surface area contributed by atoms with Gasteiger partial charge in [-0.2, -0.15) is 0 Å². The van der Waals surface area contributed by atoms with Crippen molar-refractivity contribution in [3.63, 3.8) is 0 Å². The maximum absolute atomic E-state index is 14.1. The number of carbonyl (C=O) groups excluding carboxylic acids is 1. The summed E-state index contributed by atoms with van der Waals surface area (Å²) in [6.07, 6.45) is 1.36. The number of carboxylic acid groups (broad SMARTS) is 1. The van der Waals surface area contributed by atoms with Gasteiger partial charge in [0.15, 0.2) is 5.17 Å². The summed E-state index contributed by atoms with van der Waals surface area (Å²) in [4.78, 5) is 27.8. The van der Waals surface area contributed by atoms with E-state index < -0.39 is 18.2 Å². The first-order chi connectivity index (χ1) is 14.9. The Kier molecular flexibility index (Phi) is 5.73. The minimum atomic E-state index is -1.11. The van der Waals surface area contributed by atoms with Crippen LogP contribution in [0, 0.1) is 5.82 Å². The molecule has 6 nitrogen and oxygen atoms in total. The third-order valence-corrected chi connectivity index (χ3v) is 5.54. The standard InChI is InChI=1S/C23H17FN2O4S/c1-30-18-7-5-14-8-13(2-3-15(14)10-18)9-20-22(29)26-23(31-20)25-17-6-4-16(11-21(27)28)19(24)12-17/h2-10,12H,11H2,1H3,(H,27,28)(H,25,26,29). The number of aliphatic imine (C=N–C) groups is 1. The van der Waals surface area contributed by atoms with Crippen LogP contribution in [-0.2, 0) is 16.0 Å². The van der Waals surface area contributed by atoms with E-state index in [4.69, 9.17) is 9.84 Å². The lowest BCUT2D eigenvalue weighted by atomic mass is 10.1. The molecule has 1 aliphatic rings. The van der Waals surface area contributed by atoms with E-state index in [-0.39, 0.29) is 17.2 Å². The molecule has 1 fully saturated rings. The van der Waals surface area contributed by atoms with E-state index in [9.17, 15) is 14.0 Å². The number of rotatable bonds is 5. The van der Waals surface area contributed by atoms with Gasteiger partial charge in [0.05, 0.1) is 24.1 Å². The second-order valence-electron chi connectivity index (χ2n) is 6.80. The minimum Gasteiger partial charge on any atom is -0.497 e. The average Bonchev–Trinajstić information content (AvgIpc) is 3.08. The normalized spacial score (nSPS) is 16.1. The number of nitrogens with zero attached hydrogens (tertiary/aromatic N) is 1. The van der Waals surface area contributed by atoms with Gasteiger partial charge in [-0.25, -0.2) is 9.38 Å². The second-order valence-corrected chi connectivity index (χ2v) is 7.83. The number of benzene rings is 3. The molecule has 8 heteroatoms. The van der Waals surface area contributed by atoms with Crippen LogP contribution in [0.4, 0.5) is 10.1 Å². The molecule has 156 valence electrons. The number of hydrogen-bond donors (Lipinski definition) is 2. The highest BCUT2D eigenvalue weighted by Gasteiger charge is 2.24. The molecule has 31 heavy (non-hydrogen) atoms. The minimum absolute atomic E-state index is 0.0778. The lowest BCUT2D eigenvalue weighted by molar-refractivity contribution is -0.136. The predicted octanol–water partition coefficient (Wildman–Crippen LogP) is 4.51. The highest BCUT2D eigenvalue weighted by atomic mass is 32.2. The fourth-order valence-electron chi connectivity index (χ4n) is 3.12.